The fourth-order valence-corrected chi connectivity index (χ4v) is 1.08. The first-order valence-electron chi connectivity index (χ1n) is 4.53. The Morgan fingerprint density at radius 1 is 1.47 bits per heavy atom. The third-order valence-corrected chi connectivity index (χ3v) is 1.83. The van der Waals surface area contributed by atoms with Gasteiger partial charge in [0.25, 0.3) is 5.91 Å². The molecule has 0 aromatic heterocycles. The highest BCUT2D eigenvalue weighted by molar-refractivity contribution is 5.95. The van der Waals surface area contributed by atoms with Crippen LogP contribution < -0.4 is 5.32 Å². The van der Waals surface area contributed by atoms with E-state index in [9.17, 15) is 13.6 Å². The fraction of sp³-hybridized carbons (Fsp3) is 0.300. The molecule has 0 aliphatic heterocycles. The predicted molar refractivity (Wildman–Crippen MR) is 50.6 cm³/mol. The van der Waals surface area contributed by atoms with Crippen LogP contribution in [0.1, 0.15) is 23.7 Å². The number of phenolic OH excluding ortho intramolecular Hbond substituents is 1. The van der Waals surface area contributed by atoms with Crippen LogP contribution in [0.3, 0.4) is 0 Å². The zero-order valence-electron chi connectivity index (χ0n) is 8.18. The number of hydrogen-bond acceptors (Lipinski definition) is 2. The number of carbonyl (C=O) groups is 1. The summed E-state index contributed by atoms with van der Waals surface area (Å²) < 4.78 is 26.3. The summed E-state index contributed by atoms with van der Waals surface area (Å²) in [5.74, 6) is -3.82. The smallest absolute Gasteiger partial charge is 0.257 e. The predicted octanol–water partition coefficient (Wildman–Crippen LogP) is 1.81. The molecule has 0 unspecified atom stereocenters. The molecule has 1 aromatic carbocycles. The molecule has 0 aliphatic rings. The van der Waals surface area contributed by atoms with Crippen molar-refractivity contribution in [2.24, 2.45) is 0 Å². The lowest BCUT2D eigenvalue weighted by atomic mass is 10.1. The van der Waals surface area contributed by atoms with Crippen LogP contribution in [0.5, 0.6) is 5.75 Å². The molecule has 0 spiro atoms. The molecular weight excluding hydrogens is 204 g/mol. The maximum absolute atomic E-state index is 13.2. The average Bonchev–Trinajstić information content (AvgIpc) is 2.21. The molecule has 15 heavy (non-hydrogen) atoms. The largest absolute Gasteiger partial charge is 0.505 e. The molecule has 0 fully saturated rings. The first-order valence-corrected chi connectivity index (χ1v) is 4.53. The van der Waals surface area contributed by atoms with Crippen molar-refractivity contribution in [2.75, 3.05) is 6.54 Å². The minimum Gasteiger partial charge on any atom is -0.505 e. The molecular formula is C10H11F2NO2. The van der Waals surface area contributed by atoms with E-state index in [2.05, 4.69) is 5.32 Å². The Hall–Kier alpha value is -1.65. The number of amides is 1. The summed E-state index contributed by atoms with van der Waals surface area (Å²) in [5.41, 5.74) is -0.747. The summed E-state index contributed by atoms with van der Waals surface area (Å²) in [5, 5.41) is 11.3. The van der Waals surface area contributed by atoms with Crippen molar-refractivity contribution in [3.8, 4) is 5.75 Å². The summed E-state index contributed by atoms with van der Waals surface area (Å²) in [6.45, 7) is 2.14. The van der Waals surface area contributed by atoms with Crippen LogP contribution in [0.25, 0.3) is 0 Å². The van der Waals surface area contributed by atoms with Gasteiger partial charge < -0.3 is 10.4 Å². The van der Waals surface area contributed by atoms with Crippen LogP contribution in [-0.4, -0.2) is 17.6 Å². The molecule has 0 saturated carbocycles. The van der Waals surface area contributed by atoms with Crippen molar-refractivity contribution < 1.29 is 18.7 Å². The summed E-state index contributed by atoms with van der Waals surface area (Å²) in [4.78, 5) is 11.3. The summed E-state index contributed by atoms with van der Waals surface area (Å²) >= 11 is 0. The molecule has 2 N–H and O–H groups in total. The Morgan fingerprint density at radius 3 is 2.73 bits per heavy atom. The van der Waals surface area contributed by atoms with Crippen molar-refractivity contribution in [3.05, 3.63) is 29.3 Å². The van der Waals surface area contributed by atoms with E-state index in [-0.39, 0.29) is 0 Å². The Kier molecular flexibility index (Phi) is 3.60. The first-order chi connectivity index (χ1) is 7.07. The number of nitrogens with one attached hydrogen (secondary N) is 1. The van der Waals surface area contributed by atoms with Gasteiger partial charge in [-0.25, -0.2) is 8.78 Å². The van der Waals surface area contributed by atoms with Gasteiger partial charge in [0, 0.05) is 6.54 Å². The number of benzene rings is 1. The van der Waals surface area contributed by atoms with Gasteiger partial charge in [0.1, 0.15) is 11.4 Å². The van der Waals surface area contributed by atoms with Gasteiger partial charge in [0.2, 0.25) is 0 Å². The minimum absolute atomic E-state index is 0.327. The van der Waals surface area contributed by atoms with Gasteiger partial charge >= 0.3 is 0 Å². The standard InChI is InChI=1S/C10H11F2NO2/c1-2-5-13-10(15)8-6(11)3-4-7(14)9(8)12/h3-4,14H,2,5H2,1H3,(H,13,15). The van der Waals surface area contributed by atoms with E-state index in [1.807, 2.05) is 6.92 Å². The lowest BCUT2D eigenvalue weighted by Gasteiger charge is -2.06. The summed E-state index contributed by atoms with van der Waals surface area (Å²) in [6, 6.07) is 1.71. The van der Waals surface area contributed by atoms with E-state index in [4.69, 9.17) is 5.11 Å². The van der Waals surface area contributed by atoms with Crippen LogP contribution in [0, 0.1) is 11.6 Å². The van der Waals surface area contributed by atoms with Crippen LogP contribution in [0.15, 0.2) is 12.1 Å². The van der Waals surface area contributed by atoms with Crippen molar-refractivity contribution in [2.45, 2.75) is 13.3 Å². The second kappa shape index (κ2) is 4.72. The van der Waals surface area contributed by atoms with Crippen molar-refractivity contribution in [3.63, 3.8) is 0 Å². The van der Waals surface area contributed by atoms with Gasteiger partial charge in [-0.05, 0) is 18.6 Å². The topological polar surface area (TPSA) is 49.3 Å². The molecule has 0 aliphatic carbocycles. The van der Waals surface area contributed by atoms with Crippen LogP contribution in [0.4, 0.5) is 8.78 Å². The molecule has 1 aromatic rings. The zero-order valence-corrected chi connectivity index (χ0v) is 8.18. The van der Waals surface area contributed by atoms with E-state index in [1.54, 1.807) is 0 Å². The van der Waals surface area contributed by atoms with Gasteiger partial charge in [0.15, 0.2) is 11.6 Å². The average molecular weight is 215 g/mol. The van der Waals surface area contributed by atoms with Gasteiger partial charge in [-0.3, -0.25) is 4.79 Å². The molecule has 0 radical (unpaired) electrons. The van der Waals surface area contributed by atoms with Crippen LogP contribution in [0.2, 0.25) is 0 Å². The number of phenols is 1. The number of hydrogen-bond donors (Lipinski definition) is 2. The minimum atomic E-state index is -1.23. The lowest BCUT2D eigenvalue weighted by Crippen LogP contribution is -2.26. The fourth-order valence-electron chi connectivity index (χ4n) is 1.08. The number of carbonyl (C=O) groups excluding carboxylic acids is 1. The second-order valence-corrected chi connectivity index (χ2v) is 3.01. The third kappa shape index (κ3) is 2.43. The molecule has 82 valence electrons. The Morgan fingerprint density at radius 2 is 2.13 bits per heavy atom. The van der Waals surface area contributed by atoms with Crippen LogP contribution >= 0.6 is 0 Å². The number of aromatic hydroxyl groups is 1. The first kappa shape index (κ1) is 11.4. The quantitative estimate of drug-likeness (QED) is 0.807. The van der Waals surface area contributed by atoms with Gasteiger partial charge in [0.05, 0.1) is 0 Å². The highest BCUT2D eigenvalue weighted by Crippen LogP contribution is 2.21. The zero-order chi connectivity index (χ0) is 11.4. The molecule has 0 heterocycles. The van der Waals surface area contributed by atoms with Crippen molar-refractivity contribution >= 4 is 5.91 Å². The third-order valence-electron chi connectivity index (χ3n) is 1.83. The second-order valence-electron chi connectivity index (χ2n) is 3.01. The molecule has 1 amide bonds. The highest BCUT2D eigenvalue weighted by atomic mass is 19.1. The summed E-state index contributed by atoms with van der Waals surface area (Å²) in [7, 11) is 0. The van der Waals surface area contributed by atoms with E-state index >= 15 is 0 Å². The van der Waals surface area contributed by atoms with Gasteiger partial charge in [-0.15, -0.1) is 0 Å². The van der Waals surface area contributed by atoms with Gasteiger partial charge in [-0.1, -0.05) is 6.92 Å². The Balaban J connectivity index is 3.02. The molecule has 1 rings (SSSR count). The van der Waals surface area contributed by atoms with Crippen molar-refractivity contribution in [1.29, 1.82) is 0 Å². The number of halogens is 2. The van der Waals surface area contributed by atoms with Gasteiger partial charge in [-0.2, -0.15) is 0 Å². The maximum Gasteiger partial charge on any atom is 0.257 e. The van der Waals surface area contributed by atoms with E-state index < -0.39 is 28.9 Å². The number of rotatable bonds is 3. The van der Waals surface area contributed by atoms with E-state index in [0.717, 1.165) is 12.1 Å². The molecule has 5 heteroatoms. The molecule has 3 nitrogen and oxygen atoms in total. The van der Waals surface area contributed by atoms with E-state index in [0.29, 0.717) is 13.0 Å². The monoisotopic (exact) mass is 215 g/mol. The summed E-state index contributed by atoms with van der Waals surface area (Å²) in [6.07, 6.45) is 0.661. The Labute approximate surface area is 85.7 Å². The molecule has 0 saturated heterocycles. The Bertz CT molecular complexity index is 380. The SMILES string of the molecule is CCCNC(=O)c1c(F)ccc(O)c1F. The molecule has 0 bridgehead atoms. The van der Waals surface area contributed by atoms with Crippen LogP contribution in [-0.2, 0) is 0 Å². The maximum atomic E-state index is 13.2. The lowest BCUT2D eigenvalue weighted by molar-refractivity contribution is 0.0944. The van der Waals surface area contributed by atoms with Crippen molar-refractivity contribution in [1.82, 2.24) is 5.32 Å². The normalized spacial score (nSPS) is 10.1. The highest BCUT2D eigenvalue weighted by Gasteiger charge is 2.19. The van der Waals surface area contributed by atoms with E-state index in [1.165, 1.54) is 0 Å². The molecule has 0 atom stereocenters.